The molecule has 1 saturated carbocycles. The lowest BCUT2D eigenvalue weighted by Crippen LogP contribution is -2.41. The van der Waals surface area contributed by atoms with Gasteiger partial charge in [-0.2, -0.15) is 0 Å². The first-order valence-electron chi connectivity index (χ1n) is 6.31. The lowest BCUT2D eigenvalue weighted by atomic mass is 9.93. The monoisotopic (exact) mass is 367 g/mol. The molecule has 0 radical (unpaired) electrons. The van der Waals surface area contributed by atoms with Gasteiger partial charge in [-0.3, -0.25) is 4.79 Å². The molecule has 0 atom stereocenters. The summed E-state index contributed by atoms with van der Waals surface area (Å²) in [5.41, 5.74) is 0. The third-order valence-electron chi connectivity index (χ3n) is 2.97. The van der Waals surface area contributed by atoms with Gasteiger partial charge in [0.05, 0.1) is 4.47 Å². The Morgan fingerprint density at radius 1 is 1.38 bits per heavy atom. The number of hydrogen-bond acceptors (Lipinski definition) is 3. The van der Waals surface area contributed by atoms with Gasteiger partial charge in [0, 0.05) is 6.04 Å². The van der Waals surface area contributed by atoms with Crippen LogP contribution in [0.3, 0.4) is 0 Å². The van der Waals surface area contributed by atoms with Gasteiger partial charge in [0.1, 0.15) is 11.5 Å². The fourth-order valence-electron chi connectivity index (χ4n) is 1.76. The van der Waals surface area contributed by atoms with Crippen molar-refractivity contribution in [1.29, 1.82) is 0 Å². The first-order valence-corrected chi connectivity index (χ1v) is 7.10. The summed E-state index contributed by atoms with van der Waals surface area (Å²) in [6.07, 6.45) is -1.69. The van der Waals surface area contributed by atoms with Gasteiger partial charge in [-0.1, -0.05) is 0 Å². The number of carbonyl (C=O) groups is 1. The Kier molecular flexibility index (Phi) is 4.97. The molecule has 116 valence electrons. The molecule has 21 heavy (non-hydrogen) atoms. The van der Waals surface area contributed by atoms with Crippen molar-refractivity contribution in [2.75, 3.05) is 6.61 Å². The van der Waals surface area contributed by atoms with Crippen LogP contribution in [0.1, 0.15) is 19.3 Å². The average molecular weight is 368 g/mol. The second kappa shape index (κ2) is 6.55. The van der Waals surface area contributed by atoms with Crippen LogP contribution < -0.4 is 14.8 Å². The van der Waals surface area contributed by atoms with Gasteiger partial charge < -0.3 is 14.8 Å². The van der Waals surface area contributed by atoms with Crippen LogP contribution in [0.4, 0.5) is 13.2 Å². The summed E-state index contributed by atoms with van der Waals surface area (Å²) in [4.78, 5) is 11.6. The number of alkyl halides is 3. The maximum absolute atomic E-state index is 12.1. The maximum atomic E-state index is 12.1. The lowest BCUT2D eigenvalue weighted by molar-refractivity contribution is -0.274. The van der Waals surface area contributed by atoms with E-state index in [0.29, 0.717) is 0 Å². The van der Waals surface area contributed by atoms with E-state index in [-0.39, 0.29) is 34.5 Å². The van der Waals surface area contributed by atoms with E-state index in [2.05, 4.69) is 26.0 Å². The maximum Gasteiger partial charge on any atom is 0.573 e. The number of halogens is 4. The highest BCUT2D eigenvalue weighted by Crippen LogP contribution is 2.32. The van der Waals surface area contributed by atoms with E-state index < -0.39 is 6.36 Å². The lowest BCUT2D eigenvalue weighted by Gasteiger charge is -2.26. The van der Waals surface area contributed by atoms with E-state index in [1.165, 1.54) is 6.07 Å². The predicted octanol–water partition coefficient (Wildman–Crippen LogP) is 3.40. The minimum absolute atomic E-state index is 0.186. The first-order chi connectivity index (χ1) is 9.83. The number of amides is 1. The van der Waals surface area contributed by atoms with E-state index >= 15 is 0 Å². The standard InChI is InChI=1S/C13H13BrF3NO3/c14-10-6-9(21-13(15,16)17)4-5-11(10)20-7-12(19)18-8-2-1-3-8/h4-6,8H,1-3,7H2,(H,18,19). The molecular formula is C13H13BrF3NO3. The van der Waals surface area contributed by atoms with Gasteiger partial charge in [-0.15, -0.1) is 13.2 Å². The largest absolute Gasteiger partial charge is 0.573 e. The van der Waals surface area contributed by atoms with Crippen LogP contribution >= 0.6 is 15.9 Å². The number of nitrogens with one attached hydrogen (secondary N) is 1. The van der Waals surface area contributed by atoms with Crippen molar-refractivity contribution < 1.29 is 27.4 Å². The minimum Gasteiger partial charge on any atom is -0.483 e. The summed E-state index contributed by atoms with van der Waals surface area (Å²) in [6, 6.07) is 3.78. The second-order valence-corrected chi connectivity index (χ2v) is 5.48. The van der Waals surface area contributed by atoms with E-state index in [0.717, 1.165) is 31.4 Å². The fraction of sp³-hybridized carbons (Fsp3) is 0.462. The fourth-order valence-corrected chi connectivity index (χ4v) is 2.23. The van der Waals surface area contributed by atoms with Crippen molar-refractivity contribution >= 4 is 21.8 Å². The third-order valence-corrected chi connectivity index (χ3v) is 3.59. The van der Waals surface area contributed by atoms with Gasteiger partial charge in [0.2, 0.25) is 0 Å². The Labute approximate surface area is 127 Å². The van der Waals surface area contributed by atoms with E-state index in [4.69, 9.17) is 4.74 Å². The molecule has 1 aromatic carbocycles. The van der Waals surface area contributed by atoms with E-state index in [1.807, 2.05) is 0 Å². The highest BCUT2D eigenvalue weighted by molar-refractivity contribution is 9.10. The highest BCUT2D eigenvalue weighted by atomic mass is 79.9. The topological polar surface area (TPSA) is 47.6 Å². The molecule has 4 nitrogen and oxygen atoms in total. The molecule has 1 aliphatic carbocycles. The molecule has 1 N–H and O–H groups in total. The van der Waals surface area contributed by atoms with Crippen LogP contribution in [0.5, 0.6) is 11.5 Å². The number of benzene rings is 1. The quantitative estimate of drug-likeness (QED) is 0.867. The number of rotatable bonds is 5. The van der Waals surface area contributed by atoms with Crippen LogP contribution in [0.2, 0.25) is 0 Å². The molecule has 0 unspecified atom stereocenters. The summed E-state index contributed by atoms with van der Waals surface area (Å²) in [5.74, 6) is -0.337. The molecule has 0 bridgehead atoms. The molecule has 0 aromatic heterocycles. The zero-order valence-corrected chi connectivity index (χ0v) is 12.5. The van der Waals surface area contributed by atoms with Gasteiger partial charge in [0.15, 0.2) is 6.61 Å². The summed E-state index contributed by atoms with van der Waals surface area (Å²) >= 11 is 3.08. The van der Waals surface area contributed by atoms with E-state index in [9.17, 15) is 18.0 Å². The predicted molar refractivity (Wildman–Crippen MR) is 72.1 cm³/mol. The van der Waals surface area contributed by atoms with Crippen molar-refractivity contribution in [3.63, 3.8) is 0 Å². The zero-order valence-electron chi connectivity index (χ0n) is 10.9. The summed E-state index contributed by atoms with van der Waals surface area (Å²) in [6.45, 7) is -0.186. The van der Waals surface area contributed by atoms with Crippen molar-refractivity contribution in [3.8, 4) is 11.5 Å². The third kappa shape index (κ3) is 5.11. The van der Waals surface area contributed by atoms with Crippen molar-refractivity contribution in [2.24, 2.45) is 0 Å². The molecule has 1 aliphatic rings. The van der Waals surface area contributed by atoms with Crippen molar-refractivity contribution in [1.82, 2.24) is 5.32 Å². The molecule has 0 heterocycles. The Morgan fingerprint density at radius 2 is 2.10 bits per heavy atom. The molecular weight excluding hydrogens is 355 g/mol. The van der Waals surface area contributed by atoms with Crippen LogP contribution in [0.15, 0.2) is 22.7 Å². The van der Waals surface area contributed by atoms with Crippen LogP contribution in [-0.2, 0) is 4.79 Å². The van der Waals surface area contributed by atoms with Gasteiger partial charge in [-0.05, 0) is 53.4 Å². The van der Waals surface area contributed by atoms with Crippen LogP contribution in [-0.4, -0.2) is 24.9 Å². The Morgan fingerprint density at radius 3 is 2.62 bits per heavy atom. The number of ether oxygens (including phenoxy) is 2. The van der Waals surface area contributed by atoms with Crippen LogP contribution in [0.25, 0.3) is 0 Å². The smallest absolute Gasteiger partial charge is 0.483 e. The van der Waals surface area contributed by atoms with Gasteiger partial charge in [0.25, 0.3) is 5.91 Å². The molecule has 1 amide bonds. The highest BCUT2D eigenvalue weighted by Gasteiger charge is 2.31. The average Bonchev–Trinajstić information content (AvgIpc) is 2.31. The normalized spacial score (nSPS) is 15.2. The Hall–Kier alpha value is -1.44. The zero-order chi connectivity index (χ0) is 15.5. The molecule has 0 aliphatic heterocycles. The van der Waals surface area contributed by atoms with Crippen molar-refractivity contribution in [2.45, 2.75) is 31.7 Å². The first kappa shape index (κ1) is 15.9. The number of hydrogen-bond donors (Lipinski definition) is 1. The number of carbonyl (C=O) groups excluding carboxylic acids is 1. The minimum atomic E-state index is -4.75. The molecule has 0 spiro atoms. The van der Waals surface area contributed by atoms with Crippen LogP contribution in [0, 0.1) is 0 Å². The van der Waals surface area contributed by atoms with Gasteiger partial charge >= 0.3 is 6.36 Å². The van der Waals surface area contributed by atoms with E-state index in [1.54, 1.807) is 0 Å². The molecule has 2 rings (SSSR count). The second-order valence-electron chi connectivity index (χ2n) is 4.62. The Balaban J connectivity index is 1.86. The summed E-state index contributed by atoms with van der Waals surface area (Å²) in [7, 11) is 0. The van der Waals surface area contributed by atoms with Crippen molar-refractivity contribution in [3.05, 3.63) is 22.7 Å². The molecule has 1 fully saturated rings. The molecule has 8 heteroatoms. The molecule has 1 aromatic rings. The van der Waals surface area contributed by atoms with Gasteiger partial charge in [-0.25, -0.2) is 0 Å². The Bertz CT molecular complexity index is 518. The summed E-state index contributed by atoms with van der Waals surface area (Å²) in [5, 5.41) is 2.80. The SMILES string of the molecule is O=C(COc1ccc(OC(F)(F)F)cc1Br)NC1CCC1. The molecule has 0 saturated heterocycles. The summed E-state index contributed by atoms with van der Waals surface area (Å²) < 4.78 is 45.5.